The largest absolute Gasteiger partial charge is 0.396 e. The lowest BCUT2D eigenvalue weighted by atomic mass is 10.1. The minimum absolute atomic E-state index is 0.0398. The van der Waals surface area contributed by atoms with E-state index in [1.807, 2.05) is 6.92 Å². The third-order valence-electron chi connectivity index (χ3n) is 2.86. The fraction of sp³-hybridized carbons (Fsp3) is 0.429. The van der Waals surface area contributed by atoms with Crippen molar-refractivity contribution in [1.29, 1.82) is 0 Å². The van der Waals surface area contributed by atoms with E-state index >= 15 is 0 Å². The zero-order chi connectivity index (χ0) is 15.1. The topological polar surface area (TPSA) is 78.4 Å². The van der Waals surface area contributed by atoms with Crippen molar-refractivity contribution in [2.75, 3.05) is 18.5 Å². The van der Waals surface area contributed by atoms with Crippen LogP contribution in [0.1, 0.15) is 18.9 Å². The summed E-state index contributed by atoms with van der Waals surface area (Å²) in [5, 5.41) is 13.6. The van der Waals surface area contributed by atoms with Gasteiger partial charge in [-0.1, -0.05) is 6.92 Å². The summed E-state index contributed by atoms with van der Waals surface area (Å²) in [6, 6.07) is 4.07. The van der Waals surface area contributed by atoms with Crippen LogP contribution in [0.25, 0.3) is 0 Å². The molecule has 6 heteroatoms. The van der Waals surface area contributed by atoms with Crippen molar-refractivity contribution in [3.05, 3.63) is 29.6 Å². The Balaban J connectivity index is 2.49. The van der Waals surface area contributed by atoms with Crippen LogP contribution in [0.15, 0.2) is 18.2 Å². The first-order chi connectivity index (χ1) is 9.43. The first-order valence-electron chi connectivity index (χ1n) is 6.40. The summed E-state index contributed by atoms with van der Waals surface area (Å²) in [7, 11) is 0. The average Bonchev–Trinajstić information content (AvgIpc) is 2.40. The van der Waals surface area contributed by atoms with Crippen LogP contribution in [0.2, 0.25) is 0 Å². The maximum Gasteiger partial charge on any atom is 0.313 e. The molecule has 0 radical (unpaired) electrons. The molecule has 1 unspecified atom stereocenters. The molecule has 1 aromatic rings. The number of hydrogen-bond donors (Lipinski definition) is 3. The molecule has 0 aromatic heterocycles. The Kier molecular flexibility index (Phi) is 6.11. The average molecular weight is 282 g/mol. The van der Waals surface area contributed by atoms with Crippen molar-refractivity contribution < 1.29 is 19.1 Å². The Hall–Kier alpha value is -1.95. The molecular weight excluding hydrogens is 263 g/mol. The van der Waals surface area contributed by atoms with Gasteiger partial charge in [-0.15, -0.1) is 0 Å². The summed E-state index contributed by atoms with van der Waals surface area (Å²) in [6.07, 6.45) is 0.555. The highest BCUT2D eigenvalue weighted by Gasteiger charge is 2.14. The third-order valence-corrected chi connectivity index (χ3v) is 2.86. The highest BCUT2D eigenvalue weighted by Crippen LogP contribution is 2.13. The van der Waals surface area contributed by atoms with Gasteiger partial charge >= 0.3 is 11.8 Å². The third kappa shape index (κ3) is 4.97. The van der Waals surface area contributed by atoms with Crippen LogP contribution in [0.3, 0.4) is 0 Å². The van der Waals surface area contributed by atoms with Gasteiger partial charge in [-0.05, 0) is 43.0 Å². The van der Waals surface area contributed by atoms with Crippen molar-refractivity contribution in [3.63, 3.8) is 0 Å². The lowest BCUT2D eigenvalue weighted by Gasteiger charge is -2.11. The summed E-state index contributed by atoms with van der Waals surface area (Å²) in [4.78, 5) is 23.2. The van der Waals surface area contributed by atoms with E-state index in [0.29, 0.717) is 24.2 Å². The Bertz CT molecular complexity index is 491. The summed E-state index contributed by atoms with van der Waals surface area (Å²) in [5.41, 5.74) is 0.757. The monoisotopic (exact) mass is 282 g/mol. The molecule has 0 heterocycles. The molecule has 5 nitrogen and oxygen atoms in total. The number of carbonyl (C=O) groups excluding carboxylic acids is 2. The van der Waals surface area contributed by atoms with Crippen LogP contribution in [0, 0.1) is 18.7 Å². The second-order valence-electron chi connectivity index (χ2n) is 4.75. The molecule has 0 saturated heterocycles. The number of aryl methyl sites for hydroxylation is 1. The summed E-state index contributed by atoms with van der Waals surface area (Å²) in [5.74, 6) is -1.83. The minimum atomic E-state index is -0.799. The Morgan fingerprint density at radius 3 is 2.65 bits per heavy atom. The van der Waals surface area contributed by atoms with E-state index in [1.54, 1.807) is 6.92 Å². The first kappa shape index (κ1) is 16.1. The predicted octanol–water partition coefficient (Wildman–Crippen LogP) is 1.21. The van der Waals surface area contributed by atoms with Gasteiger partial charge in [0, 0.05) is 18.8 Å². The highest BCUT2D eigenvalue weighted by molar-refractivity contribution is 6.39. The molecular formula is C14H19FN2O3. The maximum absolute atomic E-state index is 13.1. The molecule has 3 N–H and O–H groups in total. The quantitative estimate of drug-likeness (QED) is 0.710. The zero-order valence-corrected chi connectivity index (χ0v) is 11.6. The molecule has 1 rings (SSSR count). The number of carbonyl (C=O) groups is 2. The molecule has 1 aromatic carbocycles. The van der Waals surface area contributed by atoms with Gasteiger partial charge in [0.25, 0.3) is 0 Å². The number of aliphatic hydroxyl groups excluding tert-OH is 1. The van der Waals surface area contributed by atoms with E-state index in [2.05, 4.69) is 10.6 Å². The molecule has 0 aliphatic rings. The first-order valence-corrected chi connectivity index (χ1v) is 6.40. The van der Waals surface area contributed by atoms with Crippen LogP contribution in [0.5, 0.6) is 0 Å². The van der Waals surface area contributed by atoms with E-state index in [1.165, 1.54) is 18.2 Å². The minimum Gasteiger partial charge on any atom is -0.396 e. The Morgan fingerprint density at radius 2 is 2.05 bits per heavy atom. The molecule has 0 saturated carbocycles. The molecule has 0 aliphatic heterocycles. The number of amides is 2. The Morgan fingerprint density at radius 1 is 1.35 bits per heavy atom. The fourth-order valence-corrected chi connectivity index (χ4v) is 1.58. The molecule has 2 amide bonds. The number of aliphatic hydroxyl groups is 1. The molecule has 110 valence electrons. The number of benzene rings is 1. The lowest BCUT2D eigenvalue weighted by Crippen LogP contribution is -2.37. The number of nitrogens with one attached hydrogen (secondary N) is 2. The number of halogens is 1. The maximum atomic E-state index is 13.1. The summed E-state index contributed by atoms with van der Waals surface area (Å²) < 4.78 is 13.1. The highest BCUT2D eigenvalue weighted by atomic mass is 19.1. The standard InChI is InChI=1S/C14H19FN2O3/c1-9(5-6-18)8-16-13(19)14(20)17-11-3-4-12(15)10(2)7-11/h3-4,7,9,18H,5-6,8H2,1-2H3,(H,16,19)(H,17,20). The predicted molar refractivity (Wildman–Crippen MR) is 73.6 cm³/mol. The van der Waals surface area contributed by atoms with Gasteiger partial charge in [0.15, 0.2) is 0 Å². The van der Waals surface area contributed by atoms with Gasteiger partial charge in [0.2, 0.25) is 0 Å². The van der Waals surface area contributed by atoms with Gasteiger partial charge < -0.3 is 15.7 Å². The number of hydrogen-bond acceptors (Lipinski definition) is 3. The van der Waals surface area contributed by atoms with Crippen molar-refractivity contribution in [1.82, 2.24) is 5.32 Å². The summed E-state index contributed by atoms with van der Waals surface area (Å²) in [6.45, 7) is 3.78. The summed E-state index contributed by atoms with van der Waals surface area (Å²) >= 11 is 0. The van der Waals surface area contributed by atoms with Crippen LogP contribution < -0.4 is 10.6 Å². The van der Waals surface area contributed by atoms with Crippen LogP contribution in [-0.2, 0) is 9.59 Å². The molecule has 0 aliphatic carbocycles. The molecule has 0 fully saturated rings. The van der Waals surface area contributed by atoms with E-state index < -0.39 is 11.8 Å². The molecule has 0 spiro atoms. The lowest BCUT2D eigenvalue weighted by molar-refractivity contribution is -0.136. The fourth-order valence-electron chi connectivity index (χ4n) is 1.58. The number of rotatable bonds is 5. The van der Waals surface area contributed by atoms with Gasteiger partial charge in [0.05, 0.1) is 0 Å². The number of anilines is 1. The van der Waals surface area contributed by atoms with E-state index in [9.17, 15) is 14.0 Å². The van der Waals surface area contributed by atoms with Crippen molar-refractivity contribution in [3.8, 4) is 0 Å². The van der Waals surface area contributed by atoms with Crippen LogP contribution in [-0.4, -0.2) is 30.1 Å². The van der Waals surface area contributed by atoms with Gasteiger partial charge in [-0.25, -0.2) is 4.39 Å². The van der Waals surface area contributed by atoms with E-state index in [0.717, 1.165) is 0 Å². The normalized spacial score (nSPS) is 11.8. The van der Waals surface area contributed by atoms with Crippen molar-refractivity contribution in [2.45, 2.75) is 20.3 Å². The smallest absolute Gasteiger partial charge is 0.313 e. The molecule has 1 atom stereocenters. The van der Waals surface area contributed by atoms with E-state index in [-0.39, 0.29) is 18.3 Å². The Labute approximate surface area is 117 Å². The van der Waals surface area contributed by atoms with E-state index in [4.69, 9.17) is 5.11 Å². The van der Waals surface area contributed by atoms with Crippen molar-refractivity contribution in [2.24, 2.45) is 5.92 Å². The van der Waals surface area contributed by atoms with Gasteiger partial charge in [-0.3, -0.25) is 9.59 Å². The second kappa shape index (κ2) is 7.59. The molecule has 0 bridgehead atoms. The van der Waals surface area contributed by atoms with Gasteiger partial charge in [0.1, 0.15) is 5.82 Å². The van der Waals surface area contributed by atoms with Crippen LogP contribution in [0.4, 0.5) is 10.1 Å². The van der Waals surface area contributed by atoms with Crippen molar-refractivity contribution >= 4 is 17.5 Å². The second-order valence-corrected chi connectivity index (χ2v) is 4.75. The zero-order valence-electron chi connectivity index (χ0n) is 11.6. The SMILES string of the molecule is Cc1cc(NC(=O)C(=O)NCC(C)CCO)ccc1F. The molecule has 20 heavy (non-hydrogen) atoms. The van der Waals surface area contributed by atoms with Crippen LogP contribution >= 0.6 is 0 Å². The van der Waals surface area contributed by atoms with Gasteiger partial charge in [-0.2, -0.15) is 0 Å².